The van der Waals surface area contributed by atoms with Crippen molar-refractivity contribution in [1.82, 2.24) is 0 Å². The van der Waals surface area contributed by atoms with Gasteiger partial charge in [-0.1, -0.05) is 68.7 Å². The van der Waals surface area contributed by atoms with E-state index in [9.17, 15) is 4.79 Å². The minimum atomic E-state index is 0.0110. The molecule has 0 aromatic heterocycles. The maximum atomic E-state index is 13.8. The summed E-state index contributed by atoms with van der Waals surface area (Å²) in [7, 11) is 0. The number of hydrogen-bond acceptors (Lipinski definition) is 3. The van der Waals surface area contributed by atoms with Gasteiger partial charge in [0.1, 0.15) is 11.5 Å². The van der Waals surface area contributed by atoms with Crippen LogP contribution >= 0.6 is 0 Å². The Morgan fingerprint density at radius 3 is 2.30 bits per heavy atom. The van der Waals surface area contributed by atoms with Crippen LogP contribution in [0.2, 0.25) is 0 Å². The quantitative estimate of drug-likeness (QED) is 0.164. The van der Waals surface area contributed by atoms with Crippen molar-refractivity contribution in [3.8, 4) is 22.6 Å². The molecule has 0 aliphatic heterocycles. The van der Waals surface area contributed by atoms with Gasteiger partial charge in [-0.05, 0) is 90.9 Å². The number of unbranched alkanes of at least 4 members (excludes halogenated alkanes) is 2. The number of carbonyl (C=O) groups excluding carboxylic acids is 1. The predicted molar refractivity (Wildman–Crippen MR) is 152 cm³/mol. The molecule has 0 spiro atoms. The van der Waals surface area contributed by atoms with Crippen molar-refractivity contribution in [2.45, 2.75) is 64.4 Å². The van der Waals surface area contributed by atoms with Crippen LogP contribution in [0.4, 0.5) is 0 Å². The molecule has 3 nitrogen and oxygen atoms in total. The van der Waals surface area contributed by atoms with Crippen molar-refractivity contribution in [2.24, 2.45) is 0 Å². The highest BCUT2D eigenvalue weighted by molar-refractivity contribution is 6.17. The van der Waals surface area contributed by atoms with Crippen LogP contribution in [0.5, 0.6) is 11.5 Å². The van der Waals surface area contributed by atoms with Crippen LogP contribution in [0, 0.1) is 0 Å². The van der Waals surface area contributed by atoms with Crippen molar-refractivity contribution >= 4 is 16.6 Å². The van der Waals surface area contributed by atoms with Crippen molar-refractivity contribution in [3.63, 3.8) is 0 Å². The largest absolute Gasteiger partial charge is 0.494 e. The normalized spacial score (nSPS) is 14.0. The summed E-state index contributed by atoms with van der Waals surface area (Å²) in [5.41, 5.74) is 3.34. The molecular formula is C34H36O3. The monoisotopic (exact) mass is 492 g/mol. The number of ether oxygens (including phenoxy) is 2. The Morgan fingerprint density at radius 1 is 0.811 bits per heavy atom. The summed E-state index contributed by atoms with van der Waals surface area (Å²) in [4.78, 5) is 13.8. The van der Waals surface area contributed by atoms with E-state index in [0.717, 1.165) is 59.1 Å². The van der Waals surface area contributed by atoms with Gasteiger partial charge < -0.3 is 9.47 Å². The smallest absolute Gasteiger partial charge is 0.193 e. The molecule has 4 aromatic carbocycles. The minimum absolute atomic E-state index is 0.0110. The van der Waals surface area contributed by atoms with Gasteiger partial charge in [-0.25, -0.2) is 0 Å². The molecule has 0 atom stereocenters. The minimum Gasteiger partial charge on any atom is -0.494 e. The lowest BCUT2D eigenvalue weighted by molar-refractivity contribution is 0.103. The van der Waals surface area contributed by atoms with E-state index >= 15 is 0 Å². The van der Waals surface area contributed by atoms with Gasteiger partial charge in [0.2, 0.25) is 0 Å². The molecule has 1 saturated carbocycles. The van der Waals surface area contributed by atoms with E-state index in [4.69, 9.17) is 9.47 Å². The molecule has 1 aliphatic rings. The molecule has 0 radical (unpaired) electrons. The Bertz CT molecular complexity index is 1320. The first-order chi connectivity index (χ1) is 18.2. The van der Waals surface area contributed by atoms with Crippen molar-refractivity contribution < 1.29 is 14.3 Å². The van der Waals surface area contributed by atoms with Crippen LogP contribution in [0.15, 0.2) is 84.9 Å². The average molecular weight is 493 g/mol. The van der Waals surface area contributed by atoms with Gasteiger partial charge in [0.15, 0.2) is 5.78 Å². The van der Waals surface area contributed by atoms with E-state index in [1.165, 1.54) is 25.7 Å². The number of carbonyl (C=O) groups is 1. The topological polar surface area (TPSA) is 35.5 Å². The lowest BCUT2D eigenvalue weighted by atomic mass is 9.89. The fourth-order valence-electron chi connectivity index (χ4n) is 5.25. The highest BCUT2D eigenvalue weighted by Crippen LogP contribution is 2.36. The molecule has 3 heteroatoms. The zero-order valence-corrected chi connectivity index (χ0v) is 21.7. The molecule has 4 aromatic rings. The van der Waals surface area contributed by atoms with Crippen molar-refractivity contribution in [3.05, 3.63) is 96.1 Å². The first kappa shape index (κ1) is 25.1. The average Bonchev–Trinajstić information content (AvgIpc) is 2.95. The summed E-state index contributed by atoms with van der Waals surface area (Å²) in [6, 6.07) is 28.1. The molecule has 0 heterocycles. The highest BCUT2D eigenvalue weighted by Gasteiger charge is 2.20. The van der Waals surface area contributed by atoms with Crippen LogP contribution in [-0.4, -0.2) is 18.5 Å². The Kier molecular flexibility index (Phi) is 8.20. The van der Waals surface area contributed by atoms with E-state index in [-0.39, 0.29) is 11.9 Å². The zero-order chi connectivity index (χ0) is 25.5. The zero-order valence-electron chi connectivity index (χ0n) is 21.7. The molecule has 0 N–H and O–H groups in total. The predicted octanol–water partition coefficient (Wildman–Crippen LogP) is 9.02. The summed E-state index contributed by atoms with van der Waals surface area (Å²) in [6.45, 7) is 2.89. The van der Waals surface area contributed by atoms with Crippen LogP contribution in [0.1, 0.15) is 74.2 Å². The number of hydrogen-bond donors (Lipinski definition) is 0. The van der Waals surface area contributed by atoms with E-state index in [1.54, 1.807) is 0 Å². The fraction of sp³-hybridized carbons (Fsp3) is 0.324. The Balaban J connectivity index is 1.49. The van der Waals surface area contributed by atoms with Crippen LogP contribution in [-0.2, 0) is 0 Å². The van der Waals surface area contributed by atoms with E-state index < -0.39 is 0 Å². The lowest BCUT2D eigenvalue weighted by Gasteiger charge is -2.23. The van der Waals surface area contributed by atoms with Gasteiger partial charge in [-0.15, -0.1) is 0 Å². The fourth-order valence-corrected chi connectivity index (χ4v) is 5.25. The molecule has 5 rings (SSSR count). The number of benzene rings is 4. The third-order valence-electron chi connectivity index (χ3n) is 7.29. The van der Waals surface area contributed by atoms with E-state index in [1.807, 2.05) is 54.6 Å². The SMILES string of the molecule is CCCCCOc1ccc(C(=O)c2ccc3ccc(OC4CCCCC4)cc3c2-c2ccccc2)cc1. The number of ketones is 1. The summed E-state index contributed by atoms with van der Waals surface area (Å²) < 4.78 is 12.3. The standard InChI is InChI=1S/C34H36O3/c1-2-3-10-23-36-28-19-16-27(17-20-28)34(35)31-22-18-25-15-21-30(37-29-13-8-5-9-14-29)24-32(25)33(31)26-11-6-4-7-12-26/h4,6-7,11-12,15-22,24,29H,2-3,5,8-10,13-14,23H2,1H3. The first-order valence-electron chi connectivity index (χ1n) is 13.8. The second kappa shape index (κ2) is 12.1. The maximum absolute atomic E-state index is 13.8. The van der Waals surface area contributed by atoms with Crippen LogP contribution < -0.4 is 9.47 Å². The van der Waals surface area contributed by atoms with Crippen molar-refractivity contribution in [1.29, 1.82) is 0 Å². The molecule has 1 aliphatic carbocycles. The molecule has 0 amide bonds. The van der Waals surface area contributed by atoms with Gasteiger partial charge in [-0.2, -0.15) is 0 Å². The Morgan fingerprint density at radius 2 is 1.54 bits per heavy atom. The molecule has 37 heavy (non-hydrogen) atoms. The summed E-state index contributed by atoms with van der Waals surface area (Å²) in [5.74, 6) is 1.70. The van der Waals surface area contributed by atoms with Gasteiger partial charge in [0.25, 0.3) is 0 Å². The molecule has 190 valence electrons. The molecule has 0 bridgehead atoms. The van der Waals surface area contributed by atoms with Gasteiger partial charge in [0, 0.05) is 16.7 Å². The Labute approximate surface area is 220 Å². The Hall–Kier alpha value is -3.59. The lowest BCUT2D eigenvalue weighted by Crippen LogP contribution is -2.19. The maximum Gasteiger partial charge on any atom is 0.193 e. The second-order valence-corrected chi connectivity index (χ2v) is 10.0. The van der Waals surface area contributed by atoms with Gasteiger partial charge in [-0.3, -0.25) is 4.79 Å². The summed E-state index contributed by atoms with van der Waals surface area (Å²) in [5, 5.41) is 2.14. The molecule has 0 saturated heterocycles. The summed E-state index contributed by atoms with van der Waals surface area (Å²) >= 11 is 0. The van der Waals surface area contributed by atoms with Crippen molar-refractivity contribution in [2.75, 3.05) is 6.61 Å². The first-order valence-corrected chi connectivity index (χ1v) is 13.8. The van der Waals surface area contributed by atoms with E-state index in [2.05, 4.69) is 37.3 Å². The van der Waals surface area contributed by atoms with Gasteiger partial charge >= 0.3 is 0 Å². The molecular weight excluding hydrogens is 456 g/mol. The number of rotatable bonds is 10. The summed E-state index contributed by atoms with van der Waals surface area (Å²) in [6.07, 6.45) is 9.63. The second-order valence-electron chi connectivity index (χ2n) is 10.0. The van der Waals surface area contributed by atoms with E-state index in [0.29, 0.717) is 17.7 Å². The molecule has 0 unspecified atom stereocenters. The molecule has 1 fully saturated rings. The van der Waals surface area contributed by atoms with Crippen LogP contribution in [0.25, 0.3) is 21.9 Å². The van der Waals surface area contributed by atoms with Crippen LogP contribution in [0.3, 0.4) is 0 Å². The van der Waals surface area contributed by atoms with Gasteiger partial charge in [0.05, 0.1) is 12.7 Å². The third-order valence-corrected chi connectivity index (χ3v) is 7.29. The highest BCUT2D eigenvalue weighted by atomic mass is 16.5. The third kappa shape index (κ3) is 6.05. The number of fused-ring (bicyclic) bond motifs is 1.